The van der Waals surface area contributed by atoms with Crippen molar-refractivity contribution in [3.63, 3.8) is 0 Å². The number of benzene rings is 1. The molecule has 0 aliphatic carbocycles. The number of nitrogens with one attached hydrogen (secondary N) is 1. The summed E-state index contributed by atoms with van der Waals surface area (Å²) in [6.45, 7) is 2.08. The number of hydrogen-bond donors (Lipinski definition) is 1. The van der Waals surface area contributed by atoms with Crippen molar-refractivity contribution in [2.24, 2.45) is 7.05 Å². The SMILES string of the molecule is CCOC(=O)Cc1ccccc1NC(=O)c1cc(Cl)cn1C. The first-order valence-corrected chi connectivity index (χ1v) is 7.25. The van der Waals surface area contributed by atoms with Crippen LogP contribution < -0.4 is 5.32 Å². The summed E-state index contributed by atoms with van der Waals surface area (Å²) in [5.41, 5.74) is 1.73. The summed E-state index contributed by atoms with van der Waals surface area (Å²) >= 11 is 5.89. The molecule has 2 rings (SSSR count). The zero-order valence-corrected chi connectivity index (χ0v) is 13.2. The Morgan fingerprint density at radius 3 is 2.68 bits per heavy atom. The van der Waals surface area contributed by atoms with Gasteiger partial charge in [0.15, 0.2) is 0 Å². The highest BCUT2D eigenvalue weighted by Crippen LogP contribution is 2.19. The van der Waals surface area contributed by atoms with Crippen LogP contribution in [0.25, 0.3) is 0 Å². The standard InChI is InChI=1S/C16H17ClN2O3/c1-3-22-15(20)8-11-6-4-5-7-13(11)18-16(21)14-9-12(17)10-19(14)2/h4-7,9-10H,3,8H2,1-2H3,(H,18,21). The normalized spacial score (nSPS) is 10.3. The van der Waals surface area contributed by atoms with E-state index >= 15 is 0 Å². The molecule has 0 atom stereocenters. The van der Waals surface area contributed by atoms with E-state index in [9.17, 15) is 9.59 Å². The largest absolute Gasteiger partial charge is 0.466 e. The van der Waals surface area contributed by atoms with E-state index < -0.39 is 0 Å². The average Bonchev–Trinajstić information content (AvgIpc) is 2.80. The third kappa shape index (κ3) is 3.89. The molecule has 0 bridgehead atoms. The first-order chi connectivity index (χ1) is 10.5. The number of para-hydroxylation sites is 1. The van der Waals surface area contributed by atoms with Crippen LogP contribution in [0.2, 0.25) is 5.02 Å². The minimum atomic E-state index is -0.328. The Kier molecular flexibility index (Phi) is 5.22. The van der Waals surface area contributed by atoms with Crippen molar-refractivity contribution in [1.29, 1.82) is 0 Å². The fourth-order valence-electron chi connectivity index (χ4n) is 2.10. The van der Waals surface area contributed by atoms with E-state index in [0.717, 1.165) is 0 Å². The number of hydrogen-bond acceptors (Lipinski definition) is 3. The zero-order valence-electron chi connectivity index (χ0n) is 12.4. The summed E-state index contributed by atoms with van der Waals surface area (Å²) in [6, 6.07) is 8.72. The fourth-order valence-corrected chi connectivity index (χ4v) is 2.35. The molecule has 0 unspecified atom stereocenters. The van der Waals surface area contributed by atoms with Gasteiger partial charge in [-0.1, -0.05) is 29.8 Å². The lowest BCUT2D eigenvalue weighted by Gasteiger charge is -2.11. The van der Waals surface area contributed by atoms with Crippen molar-refractivity contribution >= 4 is 29.2 Å². The van der Waals surface area contributed by atoms with Crippen molar-refractivity contribution < 1.29 is 14.3 Å². The second-order valence-electron chi connectivity index (χ2n) is 4.75. The second-order valence-corrected chi connectivity index (χ2v) is 5.18. The highest BCUT2D eigenvalue weighted by Gasteiger charge is 2.14. The molecule has 1 aromatic heterocycles. The Morgan fingerprint density at radius 1 is 1.32 bits per heavy atom. The van der Waals surface area contributed by atoms with Crippen LogP contribution in [-0.4, -0.2) is 23.1 Å². The molecular weight excluding hydrogens is 304 g/mol. The van der Waals surface area contributed by atoms with E-state index in [2.05, 4.69) is 5.32 Å². The number of ether oxygens (including phenoxy) is 1. The zero-order chi connectivity index (χ0) is 16.1. The van der Waals surface area contributed by atoms with Crippen molar-refractivity contribution in [3.05, 3.63) is 52.8 Å². The van der Waals surface area contributed by atoms with Gasteiger partial charge in [0.2, 0.25) is 0 Å². The van der Waals surface area contributed by atoms with Gasteiger partial charge in [-0.2, -0.15) is 0 Å². The summed E-state index contributed by atoms with van der Waals surface area (Å²) in [4.78, 5) is 23.9. The lowest BCUT2D eigenvalue weighted by molar-refractivity contribution is -0.142. The van der Waals surface area contributed by atoms with Crippen LogP contribution in [0, 0.1) is 0 Å². The topological polar surface area (TPSA) is 60.3 Å². The minimum absolute atomic E-state index is 0.109. The number of halogens is 1. The highest BCUT2D eigenvalue weighted by molar-refractivity contribution is 6.31. The fraction of sp³-hybridized carbons (Fsp3) is 0.250. The van der Waals surface area contributed by atoms with Gasteiger partial charge in [0, 0.05) is 18.9 Å². The minimum Gasteiger partial charge on any atom is -0.466 e. The van der Waals surface area contributed by atoms with E-state index in [0.29, 0.717) is 28.6 Å². The number of carbonyl (C=O) groups excluding carboxylic acids is 2. The van der Waals surface area contributed by atoms with Gasteiger partial charge >= 0.3 is 5.97 Å². The Balaban J connectivity index is 2.17. The Labute approximate surface area is 133 Å². The predicted molar refractivity (Wildman–Crippen MR) is 85.2 cm³/mol. The van der Waals surface area contributed by atoms with Gasteiger partial charge in [-0.25, -0.2) is 0 Å². The molecule has 22 heavy (non-hydrogen) atoms. The first kappa shape index (κ1) is 16.1. The number of rotatable bonds is 5. The molecule has 0 saturated heterocycles. The van der Waals surface area contributed by atoms with E-state index in [1.54, 1.807) is 49.0 Å². The third-order valence-electron chi connectivity index (χ3n) is 3.11. The van der Waals surface area contributed by atoms with E-state index in [-0.39, 0.29) is 18.3 Å². The number of anilines is 1. The van der Waals surface area contributed by atoms with Crippen molar-refractivity contribution in [2.75, 3.05) is 11.9 Å². The number of aromatic nitrogens is 1. The molecule has 1 N–H and O–H groups in total. The van der Waals surface area contributed by atoms with E-state index in [1.165, 1.54) is 0 Å². The first-order valence-electron chi connectivity index (χ1n) is 6.88. The molecule has 2 aromatic rings. The van der Waals surface area contributed by atoms with Gasteiger partial charge in [0.05, 0.1) is 18.1 Å². The molecule has 1 aromatic carbocycles. The number of carbonyl (C=O) groups is 2. The maximum atomic E-state index is 12.3. The van der Waals surface area contributed by atoms with Crippen LogP contribution in [0.5, 0.6) is 0 Å². The maximum Gasteiger partial charge on any atom is 0.310 e. The highest BCUT2D eigenvalue weighted by atomic mass is 35.5. The molecule has 116 valence electrons. The maximum absolute atomic E-state index is 12.3. The molecule has 5 nitrogen and oxygen atoms in total. The van der Waals surface area contributed by atoms with Crippen molar-refractivity contribution in [3.8, 4) is 0 Å². The molecular formula is C16H17ClN2O3. The Morgan fingerprint density at radius 2 is 2.05 bits per heavy atom. The summed E-state index contributed by atoms with van der Waals surface area (Å²) in [6.07, 6.45) is 1.76. The summed E-state index contributed by atoms with van der Waals surface area (Å²) < 4.78 is 6.58. The van der Waals surface area contributed by atoms with Gasteiger partial charge in [-0.15, -0.1) is 0 Å². The predicted octanol–water partition coefficient (Wildman–Crippen LogP) is 3.04. The lowest BCUT2D eigenvalue weighted by atomic mass is 10.1. The molecule has 0 saturated carbocycles. The van der Waals surface area contributed by atoms with Crippen LogP contribution in [0.15, 0.2) is 36.5 Å². The van der Waals surface area contributed by atoms with E-state index in [1.807, 2.05) is 6.07 Å². The van der Waals surface area contributed by atoms with Gasteiger partial charge in [-0.3, -0.25) is 9.59 Å². The third-order valence-corrected chi connectivity index (χ3v) is 3.32. The van der Waals surface area contributed by atoms with Crippen LogP contribution in [0.3, 0.4) is 0 Å². The van der Waals surface area contributed by atoms with Crippen molar-refractivity contribution in [1.82, 2.24) is 4.57 Å². The quantitative estimate of drug-likeness (QED) is 0.861. The summed E-state index contributed by atoms with van der Waals surface area (Å²) in [5.74, 6) is -0.614. The van der Waals surface area contributed by atoms with Gasteiger partial charge in [0.1, 0.15) is 5.69 Å². The van der Waals surface area contributed by atoms with Gasteiger partial charge in [0.25, 0.3) is 5.91 Å². The molecule has 1 amide bonds. The number of nitrogens with zero attached hydrogens (tertiary/aromatic N) is 1. The number of amides is 1. The molecule has 0 aliphatic rings. The monoisotopic (exact) mass is 320 g/mol. The molecule has 1 heterocycles. The average molecular weight is 321 g/mol. The Hall–Kier alpha value is -2.27. The molecule has 0 radical (unpaired) electrons. The lowest BCUT2D eigenvalue weighted by Crippen LogP contribution is -2.17. The van der Waals surface area contributed by atoms with Crippen LogP contribution in [0.1, 0.15) is 23.0 Å². The van der Waals surface area contributed by atoms with E-state index in [4.69, 9.17) is 16.3 Å². The summed E-state index contributed by atoms with van der Waals surface area (Å²) in [7, 11) is 1.74. The Bertz CT molecular complexity index is 694. The van der Waals surface area contributed by atoms with Crippen LogP contribution >= 0.6 is 11.6 Å². The molecule has 0 spiro atoms. The van der Waals surface area contributed by atoms with Crippen molar-refractivity contribution in [2.45, 2.75) is 13.3 Å². The van der Waals surface area contributed by atoms with Crippen LogP contribution in [0.4, 0.5) is 5.69 Å². The molecule has 0 fully saturated rings. The second kappa shape index (κ2) is 7.13. The van der Waals surface area contributed by atoms with Gasteiger partial charge < -0.3 is 14.6 Å². The molecule has 0 aliphatic heterocycles. The number of esters is 1. The number of aryl methyl sites for hydroxylation is 1. The summed E-state index contributed by atoms with van der Waals surface area (Å²) in [5, 5.41) is 3.30. The molecule has 6 heteroatoms. The van der Waals surface area contributed by atoms with Crippen LogP contribution in [-0.2, 0) is 23.0 Å². The van der Waals surface area contributed by atoms with Gasteiger partial charge in [-0.05, 0) is 24.6 Å². The smallest absolute Gasteiger partial charge is 0.310 e.